The van der Waals surface area contributed by atoms with Crippen LogP contribution in [0.4, 0.5) is 5.69 Å². The standard InChI is InChI=1S/C11H15NO/c1-8-5-4-6-9-10(8)13-11(2,3)7-12-9/h4-6,12H,7H2,1-3H3. The monoisotopic (exact) mass is 177 g/mol. The van der Waals surface area contributed by atoms with Crippen LogP contribution in [0.15, 0.2) is 18.2 Å². The van der Waals surface area contributed by atoms with Crippen LogP contribution in [0.3, 0.4) is 0 Å². The lowest BCUT2D eigenvalue weighted by Gasteiger charge is -2.34. The van der Waals surface area contributed by atoms with Crippen molar-refractivity contribution in [2.24, 2.45) is 0 Å². The summed E-state index contributed by atoms with van der Waals surface area (Å²) in [5.74, 6) is 0.999. The smallest absolute Gasteiger partial charge is 0.146 e. The number of fused-ring (bicyclic) bond motifs is 1. The van der Waals surface area contributed by atoms with Gasteiger partial charge in [0.1, 0.15) is 11.4 Å². The van der Waals surface area contributed by atoms with E-state index in [1.54, 1.807) is 0 Å². The van der Waals surface area contributed by atoms with E-state index >= 15 is 0 Å². The average Bonchev–Trinajstić information content (AvgIpc) is 2.06. The van der Waals surface area contributed by atoms with Crippen molar-refractivity contribution in [1.29, 1.82) is 0 Å². The molecule has 0 radical (unpaired) electrons. The van der Waals surface area contributed by atoms with Crippen LogP contribution in [0.2, 0.25) is 0 Å². The molecular formula is C11H15NO. The summed E-state index contributed by atoms with van der Waals surface area (Å²) in [4.78, 5) is 0. The molecule has 13 heavy (non-hydrogen) atoms. The minimum absolute atomic E-state index is 0.0981. The number of benzene rings is 1. The maximum absolute atomic E-state index is 5.89. The summed E-state index contributed by atoms with van der Waals surface area (Å²) in [6, 6.07) is 6.17. The highest BCUT2D eigenvalue weighted by Gasteiger charge is 2.26. The molecule has 0 atom stereocenters. The zero-order chi connectivity index (χ0) is 9.47. The van der Waals surface area contributed by atoms with Gasteiger partial charge in [0.15, 0.2) is 0 Å². The summed E-state index contributed by atoms with van der Waals surface area (Å²) in [6.07, 6.45) is 0. The summed E-state index contributed by atoms with van der Waals surface area (Å²) in [5, 5.41) is 3.37. The molecule has 0 spiro atoms. The van der Waals surface area contributed by atoms with Crippen LogP contribution in [0.1, 0.15) is 19.4 Å². The predicted molar refractivity (Wildman–Crippen MR) is 54.4 cm³/mol. The van der Waals surface area contributed by atoms with Gasteiger partial charge in [0.2, 0.25) is 0 Å². The lowest BCUT2D eigenvalue weighted by Crippen LogP contribution is -2.40. The van der Waals surface area contributed by atoms with Gasteiger partial charge in [0.25, 0.3) is 0 Å². The Labute approximate surface area is 78.9 Å². The number of para-hydroxylation sites is 1. The molecule has 0 amide bonds. The summed E-state index contributed by atoms with van der Waals surface area (Å²) >= 11 is 0. The molecule has 0 bridgehead atoms. The molecule has 1 aliphatic heterocycles. The van der Waals surface area contributed by atoms with Crippen LogP contribution in [0.5, 0.6) is 5.75 Å². The Morgan fingerprint density at radius 1 is 1.38 bits per heavy atom. The Morgan fingerprint density at radius 3 is 2.92 bits per heavy atom. The number of hydrogen-bond acceptors (Lipinski definition) is 2. The Morgan fingerprint density at radius 2 is 2.15 bits per heavy atom. The number of anilines is 1. The van der Waals surface area contributed by atoms with E-state index in [9.17, 15) is 0 Å². The summed E-state index contributed by atoms with van der Waals surface area (Å²) in [7, 11) is 0. The number of hydrogen-bond donors (Lipinski definition) is 1. The van der Waals surface area contributed by atoms with Gasteiger partial charge in [-0.05, 0) is 32.4 Å². The van der Waals surface area contributed by atoms with E-state index in [1.807, 2.05) is 6.07 Å². The molecule has 0 aliphatic carbocycles. The van der Waals surface area contributed by atoms with E-state index in [-0.39, 0.29) is 5.60 Å². The van der Waals surface area contributed by atoms with E-state index in [2.05, 4.69) is 38.2 Å². The third-order valence-electron chi connectivity index (χ3n) is 2.29. The second kappa shape index (κ2) is 2.66. The van der Waals surface area contributed by atoms with Crippen molar-refractivity contribution >= 4 is 5.69 Å². The minimum atomic E-state index is -0.0981. The van der Waals surface area contributed by atoms with Crippen LogP contribution in [-0.4, -0.2) is 12.1 Å². The first kappa shape index (κ1) is 8.42. The molecule has 0 saturated heterocycles. The zero-order valence-electron chi connectivity index (χ0n) is 8.35. The summed E-state index contributed by atoms with van der Waals surface area (Å²) in [5.41, 5.74) is 2.20. The van der Waals surface area contributed by atoms with Gasteiger partial charge in [0, 0.05) is 0 Å². The van der Waals surface area contributed by atoms with Gasteiger partial charge in [-0.25, -0.2) is 0 Å². The molecule has 2 heteroatoms. The van der Waals surface area contributed by atoms with Crippen molar-refractivity contribution in [2.45, 2.75) is 26.4 Å². The van der Waals surface area contributed by atoms with Crippen molar-refractivity contribution in [1.82, 2.24) is 0 Å². The van der Waals surface area contributed by atoms with Gasteiger partial charge < -0.3 is 10.1 Å². The average molecular weight is 177 g/mol. The van der Waals surface area contributed by atoms with Crippen molar-refractivity contribution in [3.05, 3.63) is 23.8 Å². The largest absolute Gasteiger partial charge is 0.484 e. The quantitative estimate of drug-likeness (QED) is 0.657. The van der Waals surface area contributed by atoms with Gasteiger partial charge in [-0.2, -0.15) is 0 Å². The zero-order valence-corrected chi connectivity index (χ0v) is 8.35. The molecule has 1 aliphatic rings. The highest BCUT2D eigenvalue weighted by atomic mass is 16.5. The van der Waals surface area contributed by atoms with Crippen LogP contribution in [0.25, 0.3) is 0 Å². The SMILES string of the molecule is Cc1cccc2c1OC(C)(C)CN2. The van der Waals surface area contributed by atoms with Crippen molar-refractivity contribution in [2.75, 3.05) is 11.9 Å². The van der Waals surface area contributed by atoms with Gasteiger partial charge in [-0.1, -0.05) is 12.1 Å². The highest BCUT2D eigenvalue weighted by Crippen LogP contribution is 2.35. The van der Waals surface area contributed by atoms with Crippen molar-refractivity contribution in [3.8, 4) is 5.75 Å². The molecular weight excluding hydrogens is 162 g/mol. The molecule has 0 fully saturated rings. The third-order valence-corrected chi connectivity index (χ3v) is 2.29. The van der Waals surface area contributed by atoms with E-state index < -0.39 is 0 Å². The van der Waals surface area contributed by atoms with Gasteiger partial charge >= 0.3 is 0 Å². The van der Waals surface area contributed by atoms with Crippen molar-refractivity contribution < 1.29 is 4.74 Å². The first-order valence-corrected chi connectivity index (χ1v) is 4.61. The molecule has 1 aromatic rings. The maximum Gasteiger partial charge on any atom is 0.146 e. The molecule has 70 valence electrons. The number of rotatable bonds is 0. The normalized spacial score (nSPS) is 18.4. The predicted octanol–water partition coefficient (Wildman–Crippen LogP) is 2.58. The number of nitrogens with one attached hydrogen (secondary N) is 1. The fraction of sp³-hybridized carbons (Fsp3) is 0.455. The molecule has 0 aromatic heterocycles. The summed E-state index contributed by atoms with van der Waals surface area (Å²) in [6.45, 7) is 7.12. The Kier molecular flexibility index (Phi) is 1.72. The van der Waals surface area contributed by atoms with E-state index in [4.69, 9.17) is 4.74 Å². The van der Waals surface area contributed by atoms with Gasteiger partial charge in [-0.3, -0.25) is 0 Å². The third kappa shape index (κ3) is 1.48. The van der Waals surface area contributed by atoms with E-state index in [0.29, 0.717) is 0 Å². The maximum atomic E-state index is 5.89. The number of ether oxygens (including phenoxy) is 1. The summed E-state index contributed by atoms with van der Waals surface area (Å²) < 4.78 is 5.89. The lowest BCUT2D eigenvalue weighted by atomic mass is 10.1. The van der Waals surface area contributed by atoms with Gasteiger partial charge in [-0.15, -0.1) is 0 Å². The first-order chi connectivity index (χ1) is 6.08. The Bertz CT molecular complexity index is 331. The first-order valence-electron chi connectivity index (χ1n) is 4.61. The molecule has 1 N–H and O–H groups in total. The lowest BCUT2D eigenvalue weighted by molar-refractivity contribution is 0.115. The second-order valence-electron chi connectivity index (χ2n) is 4.17. The van der Waals surface area contributed by atoms with Crippen LogP contribution in [0, 0.1) is 6.92 Å². The topological polar surface area (TPSA) is 21.3 Å². The fourth-order valence-corrected chi connectivity index (χ4v) is 1.55. The van der Waals surface area contributed by atoms with Gasteiger partial charge in [0.05, 0.1) is 12.2 Å². The van der Waals surface area contributed by atoms with Crippen molar-refractivity contribution in [3.63, 3.8) is 0 Å². The van der Waals surface area contributed by atoms with E-state index in [0.717, 1.165) is 18.0 Å². The fourth-order valence-electron chi connectivity index (χ4n) is 1.55. The molecule has 0 unspecified atom stereocenters. The van der Waals surface area contributed by atoms with Crippen LogP contribution >= 0.6 is 0 Å². The van der Waals surface area contributed by atoms with Crippen LogP contribution in [-0.2, 0) is 0 Å². The van der Waals surface area contributed by atoms with Crippen LogP contribution < -0.4 is 10.1 Å². The molecule has 2 rings (SSSR count). The molecule has 1 heterocycles. The number of aryl methyl sites for hydroxylation is 1. The Hall–Kier alpha value is -1.18. The highest BCUT2D eigenvalue weighted by molar-refractivity contribution is 5.61. The molecule has 2 nitrogen and oxygen atoms in total. The molecule has 0 saturated carbocycles. The van der Waals surface area contributed by atoms with E-state index in [1.165, 1.54) is 5.56 Å². The molecule has 1 aromatic carbocycles. The second-order valence-corrected chi connectivity index (χ2v) is 4.17. The Balaban J connectivity index is 2.44. The minimum Gasteiger partial charge on any atom is -0.484 e.